The molecule has 0 saturated carbocycles. The van der Waals surface area contributed by atoms with Gasteiger partial charge < -0.3 is 10.2 Å². The molecule has 3 aromatic rings. The SMILES string of the molecule is CN1CCC(C(=O)Nc2cc3cc(-c4ccccn4)ncc3cn2)CC1. The number of likely N-dealkylation sites (tertiary alicyclic amines) is 1. The maximum absolute atomic E-state index is 12.5. The van der Waals surface area contributed by atoms with Gasteiger partial charge in [-0.1, -0.05) is 6.07 Å². The Labute approximate surface area is 152 Å². The molecule has 1 aliphatic rings. The molecular weight excluding hydrogens is 326 g/mol. The lowest BCUT2D eigenvalue weighted by atomic mass is 9.96. The number of anilines is 1. The normalized spacial score (nSPS) is 15.9. The van der Waals surface area contributed by atoms with Crippen molar-refractivity contribution >= 4 is 22.5 Å². The largest absolute Gasteiger partial charge is 0.310 e. The molecule has 1 amide bonds. The van der Waals surface area contributed by atoms with Gasteiger partial charge in [0.1, 0.15) is 5.82 Å². The van der Waals surface area contributed by atoms with Crippen molar-refractivity contribution in [2.45, 2.75) is 12.8 Å². The maximum atomic E-state index is 12.5. The van der Waals surface area contributed by atoms with Crippen LogP contribution in [0, 0.1) is 5.92 Å². The third-order valence-corrected chi connectivity index (χ3v) is 4.87. The van der Waals surface area contributed by atoms with E-state index in [1.54, 1.807) is 18.6 Å². The first-order chi connectivity index (χ1) is 12.7. The smallest absolute Gasteiger partial charge is 0.228 e. The van der Waals surface area contributed by atoms with Crippen LogP contribution in [0.25, 0.3) is 22.2 Å². The number of nitrogens with one attached hydrogen (secondary N) is 1. The van der Waals surface area contributed by atoms with Crippen LogP contribution in [0.2, 0.25) is 0 Å². The van der Waals surface area contributed by atoms with Crippen LogP contribution in [0.1, 0.15) is 12.8 Å². The molecule has 1 aliphatic heterocycles. The van der Waals surface area contributed by atoms with Crippen molar-refractivity contribution in [2.75, 3.05) is 25.5 Å². The highest BCUT2D eigenvalue weighted by molar-refractivity contribution is 5.94. The van der Waals surface area contributed by atoms with E-state index in [1.807, 2.05) is 30.3 Å². The van der Waals surface area contributed by atoms with Gasteiger partial charge in [-0.05, 0) is 62.6 Å². The van der Waals surface area contributed by atoms with Gasteiger partial charge in [-0.15, -0.1) is 0 Å². The van der Waals surface area contributed by atoms with Crippen LogP contribution in [0.3, 0.4) is 0 Å². The summed E-state index contributed by atoms with van der Waals surface area (Å²) in [7, 11) is 2.09. The molecule has 0 aliphatic carbocycles. The van der Waals surface area contributed by atoms with Gasteiger partial charge in [-0.3, -0.25) is 14.8 Å². The number of aromatic nitrogens is 3. The molecule has 0 aromatic carbocycles. The van der Waals surface area contributed by atoms with Crippen molar-refractivity contribution in [1.29, 1.82) is 0 Å². The molecule has 132 valence electrons. The van der Waals surface area contributed by atoms with Crippen LogP contribution >= 0.6 is 0 Å². The van der Waals surface area contributed by atoms with Gasteiger partial charge in [-0.25, -0.2) is 4.98 Å². The van der Waals surface area contributed by atoms with E-state index in [9.17, 15) is 4.79 Å². The Morgan fingerprint density at radius 1 is 1.04 bits per heavy atom. The summed E-state index contributed by atoms with van der Waals surface area (Å²) in [6.45, 7) is 1.92. The number of nitrogens with zero attached hydrogens (tertiary/aromatic N) is 4. The second-order valence-corrected chi connectivity index (χ2v) is 6.77. The van der Waals surface area contributed by atoms with Crippen molar-refractivity contribution in [3.8, 4) is 11.4 Å². The lowest BCUT2D eigenvalue weighted by molar-refractivity contribution is -0.121. The average Bonchev–Trinajstić information content (AvgIpc) is 2.68. The number of amides is 1. The van der Waals surface area contributed by atoms with Gasteiger partial charge in [0.05, 0.1) is 11.4 Å². The Hall–Kier alpha value is -2.86. The van der Waals surface area contributed by atoms with E-state index in [4.69, 9.17) is 0 Å². The summed E-state index contributed by atoms with van der Waals surface area (Å²) in [5.41, 5.74) is 1.63. The number of carbonyl (C=O) groups is 1. The highest BCUT2D eigenvalue weighted by Crippen LogP contribution is 2.23. The van der Waals surface area contributed by atoms with E-state index in [0.29, 0.717) is 5.82 Å². The number of piperidine rings is 1. The Balaban J connectivity index is 1.55. The molecule has 26 heavy (non-hydrogen) atoms. The molecular formula is C20H21N5O. The fourth-order valence-corrected chi connectivity index (χ4v) is 3.26. The summed E-state index contributed by atoms with van der Waals surface area (Å²) in [4.78, 5) is 27.9. The molecule has 0 unspecified atom stereocenters. The van der Waals surface area contributed by atoms with Crippen molar-refractivity contribution in [1.82, 2.24) is 19.9 Å². The topological polar surface area (TPSA) is 71.0 Å². The summed E-state index contributed by atoms with van der Waals surface area (Å²) in [5, 5.41) is 4.89. The number of pyridine rings is 3. The van der Waals surface area contributed by atoms with Crippen LogP contribution in [0.15, 0.2) is 48.9 Å². The molecule has 0 radical (unpaired) electrons. The van der Waals surface area contributed by atoms with Crippen LogP contribution in [-0.2, 0) is 4.79 Å². The summed E-state index contributed by atoms with van der Waals surface area (Å²) >= 11 is 0. The van der Waals surface area contributed by atoms with Gasteiger partial charge in [-0.2, -0.15) is 0 Å². The maximum Gasteiger partial charge on any atom is 0.228 e. The summed E-state index contributed by atoms with van der Waals surface area (Å²) in [6, 6.07) is 9.62. The van der Waals surface area contributed by atoms with Crippen LogP contribution < -0.4 is 5.32 Å². The fourth-order valence-electron chi connectivity index (χ4n) is 3.26. The van der Waals surface area contributed by atoms with Crippen molar-refractivity contribution < 1.29 is 4.79 Å². The monoisotopic (exact) mass is 347 g/mol. The standard InChI is InChI=1S/C20H21N5O/c1-25-8-5-14(6-9-25)20(26)24-19-11-15-10-18(17-4-2-3-7-21-17)22-12-16(15)13-23-19/h2-4,7,10-14H,5-6,8-9H2,1H3,(H,23,24,26). The number of rotatable bonds is 3. The van der Waals surface area contributed by atoms with Crippen LogP contribution in [-0.4, -0.2) is 45.9 Å². The first kappa shape index (κ1) is 16.6. The zero-order chi connectivity index (χ0) is 17.9. The minimum atomic E-state index is 0.0592. The average molecular weight is 347 g/mol. The molecule has 6 heteroatoms. The first-order valence-electron chi connectivity index (χ1n) is 8.86. The zero-order valence-corrected chi connectivity index (χ0v) is 14.7. The molecule has 4 heterocycles. The van der Waals surface area contributed by atoms with Crippen molar-refractivity contribution in [3.05, 3.63) is 48.9 Å². The predicted octanol–water partition coefficient (Wildman–Crippen LogP) is 2.97. The lowest BCUT2D eigenvalue weighted by Crippen LogP contribution is -2.36. The van der Waals surface area contributed by atoms with Crippen LogP contribution in [0.4, 0.5) is 5.82 Å². The highest BCUT2D eigenvalue weighted by Gasteiger charge is 2.23. The van der Waals surface area contributed by atoms with E-state index in [-0.39, 0.29) is 11.8 Å². The number of fused-ring (bicyclic) bond motifs is 1. The molecule has 6 nitrogen and oxygen atoms in total. The third kappa shape index (κ3) is 3.55. The third-order valence-electron chi connectivity index (χ3n) is 4.87. The number of carbonyl (C=O) groups excluding carboxylic acids is 1. The van der Waals surface area contributed by atoms with E-state index in [2.05, 4.69) is 32.2 Å². The predicted molar refractivity (Wildman–Crippen MR) is 102 cm³/mol. The fraction of sp³-hybridized carbons (Fsp3) is 0.300. The lowest BCUT2D eigenvalue weighted by Gasteiger charge is -2.27. The zero-order valence-electron chi connectivity index (χ0n) is 14.7. The quantitative estimate of drug-likeness (QED) is 0.789. The second kappa shape index (κ2) is 7.17. The first-order valence-corrected chi connectivity index (χ1v) is 8.86. The van der Waals surface area contributed by atoms with Crippen LogP contribution in [0.5, 0.6) is 0 Å². The van der Waals surface area contributed by atoms with Gasteiger partial charge in [0.25, 0.3) is 0 Å². The van der Waals surface area contributed by atoms with Gasteiger partial charge in [0.15, 0.2) is 0 Å². The Morgan fingerprint density at radius 2 is 1.85 bits per heavy atom. The number of hydrogen-bond donors (Lipinski definition) is 1. The molecule has 0 spiro atoms. The van der Waals surface area contributed by atoms with E-state index < -0.39 is 0 Å². The minimum Gasteiger partial charge on any atom is -0.310 e. The van der Waals surface area contributed by atoms with E-state index in [0.717, 1.165) is 48.1 Å². The molecule has 1 saturated heterocycles. The molecule has 0 bridgehead atoms. The molecule has 1 N–H and O–H groups in total. The van der Waals surface area contributed by atoms with Crippen molar-refractivity contribution in [3.63, 3.8) is 0 Å². The Morgan fingerprint density at radius 3 is 2.62 bits per heavy atom. The van der Waals surface area contributed by atoms with Crippen molar-refractivity contribution in [2.24, 2.45) is 5.92 Å². The summed E-state index contributed by atoms with van der Waals surface area (Å²) in [6.07, 6.45) is 7.07. The molecule has 3 aromatic heterocycles. The Bertz CT molecular complexity index is 920. The van der Waals surface area contributed by atoms with E-state index >= 15 is 0 Å². The molecule has 4 rings (SSSR count). The summed E-state index contributed by atoms with van der Waals surface area (Å²) in [5.74, 6) is 0.703. The second-order valence-electron chi connectivity index (χ2n) is 6.77. The highest BCUT2D eigenvalue weighted by atomic mass is 16.1. The van der Waals surface area contributed by atoms with Gasteiger partial charge in [0, 0.05) is 29.9 Å². The van der Waals surface area contributed by atoms with Gasteiger partial charge >= 0.3 is 0 Å². The Kier molecular flexibility index (Phi) is 4.58. The molecule has 1 fully saturated rings. The summed E-state index contributed by atoms with van der Waals surface area (Å²) < 4.78 is 0. The van der Waals surface area contributed by atoms with E-state index in [1.165, 1.54) is 0 Å². The number of hydrogen-bond acceptors (Lipinski definition) is 5. The minimum absolute atomic E-state index is 0.0592. The van der Waals surface area contributed by atoms with Gasteiger partial charge in [0.2, 0.25) is 5.91 Å². The molecule has 0 atom stereocenters.